The second kappa shape index (κ2) is 6.82. The van der Waals surface area contributed by atoms with E-state index in [4.69, 9.17) is 5.11 Å². The van der Waals surface area contributed by atoms with E-state index in [1.165, 1.54) is 11.9 Å². The van der Waals surface area contributed by atoms with Gasteiger partial charge in [0.05, 0.1) is 0 Å². The summed E-state index contributed by atoms with van der Waals surface area (Å²) in [4.78, 5) is 10.5. The molecular weight excluding hydrogens is 182 g/mol. The van der Waals surface area contributed by atoms with Crippen molar-refractivity contribution < 1.29 is 9.90 Å². The van der Waals surface area contributed by atoms with Gasteiger partial charge in [0, 0.05) is 0 Å². The summed E-state index contributed by atoms with van der Waals surface area (Å²) in [6.45, 7) is 0. The maximum atomic E-state index is 10.5. The van der Waals surface area contributed by atoms with Gasteiger partial charge in [-0.15, -0.1) is 0 Å². The fourth-order valence-corrected chi connectivity index (χ4v) is 1.59. The van der Waals surface area contributed by atoms with Gasteiger partial charge in [0.2, 0.25) is 0 Å². The summed E-state index contributed by atoms with van der Waals surface area (Å²) in [6.07, 6.45) is 4.48. The first-order chi connectivity index (χ1) is 5.22. The summed E-state index contributed by atoms with van der Waals surface area (Å²) in [5.74, 6) is 0.109. The Balaban J connectivity index is 3.60. The van der Waals surface area contributed by atoms with E-state index in [0.717, 1.165) is 5.75 Å². The van der Waals surface area contributed by atoms with Crippen LogP contribution in [-0.4, -0.2) is 35.4 Å². The lowest BCUT2D eigenvalue weighted by Crippen LogP contribution is -2.32. The largest absolute Gasteiger partial charge is 0.480 e. The molecule has 3 nitrogen and oxygen atoms in total. The highest BCUT2D eigenvalue weighted by Crippen LogP contribution is 2.03. The van der Waals surface area contributed by atoms with Crippen molar-refractivity contribution in [2.75, 3.05) is 18.3 Å². The molecule has 0 radical (unpaired) electrons. The van der Waals surface area contributed by atoms with Crippen LogP contribution in [-0.2, 0) is 4.79 Å². The minimum absolute atomic E-state index is 0.405. The van der Waals surface area contributed by atoms with Crippen LogP contribution in [0, 0.1) is 0 Å². The first-order valence-corrected chi connectivity index (χ1v) is 5.84. The molecule has 1 unspecified atom stereocenters. The van der Waals surface area contributed by atoms with Crippen molar-refractivity contribution in [2.45, 2.75) is 12.5 Å². The second-order valence-electron chi connectivity index (χ2n) is 1.99. The van der Waals surface area contributed by atoms with Gasteiger partial charge >= 0.3 is 5.97 Å². The van der Waals surface area contributed by atoms with Crippen LogP contribution in [0.3, 0.4) is 0 Å². The zero-order valence-electron chi connectivity index (χ0n) is 6.66. The monoisotopic (exact) mass is 195 g/mol. The van der Waals surface area contributed by atoms with Crippen molar-refractivity contribution in [3.8, 4) is 0 Å². The number of hydrogen-bond acceptors (Lipinski definition) is 4. The predicted molar refractivity (Wildman–Crippen MR) is 51.1 cm³/mol. The summed E-state index contributed by atoms with van der Waals surface area (Å²) < 4.78 is 2.82. The van der Waals surface area contributed by atoms with Gasteiger partial charge in [-0.1, -0.05) is 11.9 Å². The van der Waals surface area contributed by atoms with Crippen LogP contribution >= 0.6 is 23.7 Å². The van der Waals surface area contributed by atoms with Crippen LogP contribution in [0.15, 0.2) is 0 Å². The quantitative estimate of drug-likeness (QED) is 0.621. The maximum absolute atomic E-state index is 10.5. The van der Waals surface area contributed by atoms with Gasteiger partial charge < -0.3 is 5.11 Å². The molecule has 0 aromatic carbocycles. The fourth-order valence-electron chi connectivity index (χ4n) is 0.611. The van der Waals surface area contributed by atoms with Gasteiger partial charge in [-0.05, 0) is 24.7 Å². The Morgan fingerprint density at radius 1 is 1.64 bits per heavy atom. The Kier molecular flexibility index (Phi) is 6.90. The van der Waals surface area contributed by atoms with Crippen molar-refractivity contribution in [3.05, 3.63) is 0 Å². The van der Waals surface area contributed by atoms with Gasteiger partial charge in [0.15, 0.2) is 0 Å². The van der Waals surface area contributed by atoms with E-state index in [9.17, 15) is 4.79 Å². The van der Waals surface area contributed by atoms with Crippen molar-refractivity contribution in [3.63, 3.8) is 0 Å². The summed E-state index contributed by atoms with van der Waals surface area (Å²) in [5, 5.41) is 8.65. The molecule has 0 spiro atoms. The van der Waals surface area contributed by atoms with Gasteiger partial charge in [0.25, 0.3) is 0 Å². The molecule has 0 amide bonds. The van der Waals surface area contributed by atoms with Crippen LogP contribution in [0.2, 0.25) is 0 Å². The van der Waals surface area contributed by atoms with E-state index in [-0.39, 0.29) is 0 Å². The van der Waals surface area contributed by atoms with Gasteiger partial charge in [-0.25, -0.2) is 0 Å². The summed E-state index contributed by atoms with van der Waals surface area (Å²) >= 11 is 3.01. The number of thioether (sulfide) groups is 1. The number of hydrogen-bond donors (Lipinski definition) is 2. The zero-order valence-corrected chi connectivity index (χ0v) is 8.30. The SMILES string of the molecule is CSCCC(NSC)C(=O)O. The number of carboxylic acid groups (broad SMARTS) is 1. The zero-order chi connectivity index (χ0) is 8.69. The molecule has 5 heteroatoms. The van der Waals surface area contributed by atoms with Crippen LogP contribution < -0.4 is 4.72 Å². The average Bonchev–Trinajstić information content (AvgIpc) is 1.97. The molecule has 0 bridgehead atoms. The second-order valence-corrected chi connectivity index (χ2v) is 3.62. The number of nitrogens with one attached hydrogen (secondary N) is 1. The lowest BCUT2D eigenvalue weighted by atomic mass is 10.2. The van der Waals surface area contributed by atoms with Crippen molar-refractivity contribution >= 4 is 29.7 Å². The van der Waals surface area contributed by atoms with Crippen LogP contribution in [0.25, 0.3) is 0 Å². The van der Waals surface area contributed by atoms with E-state index in [1.807, 2.05) is 12.5 Å². The predicted octanol–water partition coefficient (Wildman–Crippen LogP) is 1.06. The van der Waals surface area contributed by atoms with E-state index in [2.05, 4.69) is 4.72 Å². The Morgan fingerprint density at radius 3 is 2.64 bits per heavy atom. The molecule has 66 valence electrons. The molecule has 1 atom stereocenters. The molecule has 2 N–H and O–H groups in total. The third kappa shape index (κ3) is 5.41. The fraction of sp³-hybridized carbons (Fsp3) is 0.833. The molecule has 0 heterocycles. The maximum Gasteiger partial charge on any atom is 0.321 e. The number of carboxylic acids is 1. The molecule has 0 fully saturated rings. The lowest BCUT2D eigenvalue weighted by Gasteiger charge is -2.10. The first-order valence-electron chi connectivity index (χ1n) is 3.22. The first kappa shape index (κ1) is 11.1. The molecule has 0 saturated carbocycles. The minimum atomic E-state index is -0.770. The van der Waals surface area contributed by atoms with Crippen LogP contribution in [0.4, 0.5) is 0 Å². The van der Waals surface area contributed by atoms with Crippen molar-refractivity contribution in [2.24, 2.45) is 0 Å². The van der Waals surface area contributed by atoms with Crippen molar-refractivity contribution in [1.29, 1.82) is 0 Å². The standard InChI is InChI=1S/C6H13NO2S2/c1-10-4-3-5(6(8)9)7-11-2/h5,7H,3-4H2,1-2H3,(H,8,9). The molecular formula is C6H13NO2S2. The van der Waals surface area contributed by atoms with Gasteiger partial charge in [0.1, 0.15) is 6.04 Å². The third-order valence-electron chi connectivity index (χ3n) is 1.17. The number of aliphatic carboxylic acids is 1. The highest BCUT2D eigenvalue weighted by atomic mass is 32.2. The van der Waals surface area contributed by atoms with E-state index < -0.39 is 12.0 Å². The topological polar surface area (TPSA) is 49.3 Å². The molecule has 0 aromatic heterocycles. The molecule has 0 aromatic rings. The molecule has 0 saturated heterocycles. The normalized spacial score (nSPS) is 12.9. The minimum Gasteiger partial charge on any atom is -0.480 e. The molecule has 0 aliphatic carbocycles. The van der Waals surface area contributed by atoms with Gasteiger partial charge in [-0.3, -0.25) is 9.52 Å². The molecule has 0 rings (SSSR count). The average molecular weight is 195 g/mol. The summed E-state index contributed by atoms with van der Waals surface area (Å²) in [6, 6.07) is -0.405. The van der Waals surface area contributed by atoms with E-state index >= 15 is 0 Å². The Hall–Kier alpha value is 0.130. The Labute approximate surface area is 75.5 Å². The summed E-state index contributed by atoms with van der Waals surface area (Å²) in [5.41, 5.74) is 0. The lowest BCUT2D eigenvalue weighted by molar-refractivity contribution is -0.138. The van der Waals surface area contributed by atoms with Gasteiger partial charge in [-0.2, -0.15) is 11.8 Å². The number of rotatable bonds is 6. The van der Waals surface area contributed by atoms with E-state index in [0.29, 0.717) is 6.42 Å². The summed E-state index contributed by atoms with van der Waals surface area (Å²) in [7, 11) is 0. The third-order valence-corrected chi connectivity index (χ3v) is 2.33. The molecule has 11 heavy (non-hydrogen) atoms. The highest BCUT2D eigenvalue weighted by molar-refractivity contribution is 7.98. The highest BCUT2D eigenvalue weighted by Gasteiger charge is 2.14. The van der Waals surface area contributed by atoms with E-state index in [1.54, 1.807) is 11.8 Å². The smallest absolute Gasteiger partial charge is 0.321 e. The van der Waals surface area contributed by atoms with Crippen LogP contribution in [0.5, 0.6) is 0 Å². The molecule has 0 aliphatic heterocycles. The van der Waals surface area contributed by atoms with Crippen molar-refractivity contribution in [1.82, 2.24) is 4.72 Å². The number of carbonyl (C=O) groups is 1. The Morgan fingerprint density at radius 2 is 2.27 bits per heavy atom. The Bertz CT molecular complexity index is 121. The van der Waals surface area contributed by atoms with Crippen LogP contribution in [0.1, 0.15) is 6.42 Å². The molecule has 0 aliphatic rings.